The second kappa shape index (κ2) is 14.3. The van der Waals surface area contributed by atoms with Crippen molar-refractivity contribution >= 4 is 23.5 Å². The van der Waals surface area contributed by atoms with Gasteiger partial charge in [0.05, 0.1) is 16.7 Å². The number of benzene rings is 3. The molecule has 3 aromatic rings. The van der Waals surface area contributed by atoms with Gasteiger partial charge in [0.25, 0.3) is 0 Å². The van der Waals surface area contributed by atoms with Crippen molar-refractivity contribution in [3.63, 3.8) is 0 Å². The molecule has 0 saturated carbocycles. The Bertz CT molecular complexity index is 1540. The maximum Gasteiger partial charge on any atom is 0.153 e. The molecule has 0 radical (unpaired) electrons. The van der Waals surface area contributed by atoms with E-state index < -0.39 is 22.7 Å². The lowest BCUT2D eigenvalue weighted by molar-refractivity contribution is -0.0926. The van der Waals surface area contributed by atoms with Crippen molar-refractivity contribution in [2.45, 2.75) is 45.0 Å². The Labute approximate surface area is 267 Å². The van der Waals surface area contributed by atoms with Crippen molar-refractivity contribution in [1.82, 2.24) is 4.90 Å². The van der Waals surface area contributed by atoms with Gasteiger partial charge in [0.1, 0.15) is 41.9 Å². The number of rotatable bonds is 13. The third-order valence-electron chi connectivity index (χ3n) is 8.62. The van der Waals surface area contributed by atoms with E-state index in [1.54, 1.807) is 0 Å². The van der Waals surface area contributed by atoms with Crippen molar-refractivity contribution in [3.05, 3.63) is 112 Å². The molecule has 0 bridgehead atoms. The summed E-state index contributed by atoms with van der Waals surface area (Å²) in [6, 6.07) is 16.2. The standard InChI is InChI=1S/C36H38ClF2NO5/c1-35(2)31(26-8-4-3-5-9-26)10-6-12-36(35,45-15-7-13-40-14-11-30(42)21-40)24-44-34-20-33(27(22-41)18-32(34)37)43-23-25-16-28(38)19-29(39)17-25/h3-6,8-10,12,16-20,22,30,42H,7,11,13-15,21,23-24H2,1-2H3/t30?,36-/m0/s1. The number of aliphatic hydroxyl groups is 1. The molecule has 238 valence electrons. The number of aliphatic hydroxyl groups excluding tert-OH is 1. The summed E-state index contributed by atoms with van der Waals surface area (Å²) < 4.78 is 46.4. The van der Waals surface area contributed by atoms with Crippen LogP contribution in [-0.4, -0.2) is 60.8 Å². The third-order valence-corrected chi connectivity index (χ3v) is 8.92. The fourth-order valence-electron chi connectivity index (χ4n) is 5.99. The van der Waals surface area contributed by atoms with Gasteiger partial charge in [-0.25, -0.2) is 8.78 Å². The Kier molecular flexibility index (Phi) is 10.4. The minimum Gasteiger partial charge on any atom is -0.488 e. The lowest BCUT2D eigenvalue weighted by atomic mass is 9.65. The molecule has 1 N–H and O–H groups in total. The van der Waals surface area contributed by atoms with Crippen molar-refractivity contribution in [3.8, 4) is 11.5 Å². The Morgan fingerprint density at radius 1 is 1.04 bits per heavy atom. The van der Waals surface area contributed by atoms with E-state index in [1.165, 1.54) is 24.3 Å². The molecule has 1 fully saturated rings. The molecule has 45 heavy (non-hydrogen) atoms. The predicted octanol–water partition coefficient (Wildman–Crippen LogP) is 7.28. The van der Waals surface area contributed by atoms with Crippen LogP contribution in [0.1, 0.15) is 48.2 Å². The maximum absolute atomic E-state index is 13.7. The van der Waals surface area contributed by atoms with Gasteiger partial charge in [-0.15, -0.1) is 0 Å². The highest BCUT2D eigenvalue weighted by molar-refractivity contribution is 6.32. The highest BCUT2D eigenvalue weighted by Gasteiger charge is 2.49. The average Bonchev–Trinajstić information content (AvgIpc) is 3.43. The van der Waals surface area contributed by atoms with Crippen molar-refractivity contribution < 1.29 is 32.9 Å². The normalized spacial score (nSPS) is 21.0. The molecule has 2 atom stereocenters. The van der Waals surface area contributed by atoms with Gasteiger partial charge in [-0.05, 0) is 53.8 Å². The zero-order valence-corrected chi connectivity index (χ0v) is 26.2. The van der Waals surface area contributed by atoms with Gasteiger partial charge in [0.15, 0.2) is 6.29 Å². The summed E-state index contributed by atoms with van der Waals surface area (Å²) in [5, 5.41) is 10.1. The Hall–Kier alpha value is -3.56. The topological polar surface area (TPSA) is 68.2 Å². The summed E-state index contributed by atoms with van der Waals surface area (Å²) in [6.07, 6.45) is 7.98. The zero-order chi connectivity index (χ0) is 32.0. The Morgan fingerprint density at radius 3 is 2.49 bits per heavy atom. The van der Waals surface area contributed by atoms with Gasteiger partial charge in [-0.2, -0.15) is 0 Å². The SMILES string of the molecule is CC1(C)C(c2ccccc2)=CC=C[C@@]1(COc1cc(OCc2cc(F)cc(F)c2)c(C=O)cc1Cl)OCCCN1CCC(O)C1. The minimum absolute atomic E-state index is 0.0950. The fraction of sp³-hybridized carbons (Fsp3) is 0.361. The molecule has 5 rings (SSSR count). The molecule has 1 aliphatic heterocycles. The average molecular weight is 638 g/mol. The number of ether oxygens (including phenoxy) is 3. The first kappa shape index (κ1) is 32.8. The monoisotopic (exact) mass is 637 g/mol. The van der Waals surface area contributed by atoms with E-state index in [2.05, 4.69) is 37.0 Å². The second-order valence-electron chi connectivity index (χ2n) is 12.1. The molecular weight excluding hydrogens is 600 g/mol. The number of likely N-dealkylation sites (tertiary alicyclic amines) is 1. The number of carbonyl (C=O) groups is 1. The number of halogens is 3. The smallest absolute Gasteiger partial charge is 0.153 e. The van der Waals surface area contributed by atoms with Crippen LogP contribution in [0, 0.1) is 17.0 Å². The number of allylic oxidation sites excluding steroid dienone is 2. The van der Waals surface area contributed by atoms with E-state index in [1.807, 2.05) is 30.4 Å². The first-order valence-electron chi connectivity index (χ1n) is 15.1. The number of carbonyl (C=O) groups excluding carboxylic acids is 1. The van der Waals surface area contributed by atoms with E-state index in [0.717, 1.165) is 43.1 Å². The van der Waals surface area contributed by atoms with Crippen LogP contribution >= 0.6 is 11.6 Å². The van der Waals surface area contributed by atoms with E-state index in [-0.39, 0.29) is 47.0 Å². The fourth-order valence-corrected chi connectivity index (χ4v) is 6.22. The van der Waals surface area contributed by atoms with Gasteiger partial charge in [-0.1, -0.05) is 67.9 Å². The number of aldehydes is 1. The molecular formula is C36H38ClF2NO5. The van der Waals surface area contributed by atoms with Crippen LogP contribution in [0.3, 0.4) is 0 Å². The molecule has 6 nitrogen and oxygen atoms in total. The number of β-amino-alcohol motifs (C(OH)–C–C–N with tert-alkyl or cyclic N) is 1. The number of hydrogen-bond donors (Lipinski definition) is 1. The summed E-state index contributed by atoms with van der Waals surface area (Å²) >= 11 is 6.57. The molecule has 1 aliphatic carbocycles. The van der Waals surface area contributed by atoms with Crippen LogP contribution in [-0.2, 0) is 11.3 Å². The van der Waals surface area contributed by atoms with Gasteiger partial charge >= 0.3 is 0 Å². The molecule has 0 aromatic heterocycles. The maximum atomic E-state index is 13.7. The van der Waals surface area contributed by atoms with Crippen LogP contribution in [0.15, 0.2) is 78.9 Å². The third kappa shape index (κ3) is 7.64. The van der Waals surface area contributed by atoms with Crippen LogP contribution in [0.25, 0.3) is 5.57 Å². The number of nitrogens with zero attached hydrogens (tertiary/aromatic N) is 1. The minimum atomic E-state index is -0.899. The van der Waals surface area contributed by atoms with Crippen molar-refractivity contribution in [2.75, 3.05) is 32.8 Å². The highest BCUT2D eigenvalue weighted by atomic mass is 35.5. The summed E-state index contributed by atoms with van der Waals surface area (Å²) in [6.45, 7) is 7.00. The quantitative estimate of drug-likeness (QED) is 0.157. The van der Waals surface area contributed by atoms with Gasteiger partial charge in [-0.3, -0.25) is 4.79 Å². The van der Waals surface area contributed by atoms with Gasteiger partial charge in [0.2, 0.25) is 0 Å². The van der Waals surface area contributed by atoms with Crippen LogP contribution in [0.4, 0.5) is 8.78 Å². The van der Waals surface area contributed by atoms with E-state index in [0.29, 0.717) is 19.4 Å². The summed E-state index contributed by atoms with van der Waals surface area (Å²) in [7, 11) is 0. The molecule has 1 saturated heterocycles. The summed E-state index contributed by atoms with van der Waals surface area (Å²) in [4.78, 5) is 14.1. The molecule has 2 aliphatic rings. The molecule has 3 aromatic carbocycles. The van der Waals surface area contributed by atoms with Gasteiger partial charge in [0, 0.05) is 43.8 Å². The van der Waals surface area contributed by atoms with Crippen LogP contribution < -0.4 is 9.47 Å². The first-order chi connectivity index (χ1) is 21.6. The Balaban J connectivity index is 1.37. The number of hydrogen-bond acceptors (Lipinski definition) is 6. The van der Waals surface area contributed by atoms with Crippen molar-refractivity contribution in [1.29, 1.82) is 0 Å². The van der Waals surface area contributed by atoms with E-state index in [9.17, 15) is 18.7 Å². The zero-order valence-electron chi connectivity index (χ0n) is 25.5. The molecule has 0 amide bonds. The summed E-state index contributed by atoms with van der Waals surface area (Å²) in [5.41, 5.74) is 1.17. The molecule has 1 unspecified atom stereocenters. The predicted molar refractivity (Wildman–Crippen MR) is 171 cm³/mol. The largest absolute Gasteiger partial charge is 0.488 e. The summed E-state index contributed by atoms with van der Waals surface area (Å²) in [5.74, 6) is -1.00. The highest BCUT2D eigenvalue weighted by Crippen LogP contribution is 2.49. The first-order valence-corrected chi connectivity index (χ1v) is 15.5. The van der Waals surface area contributed by atoms with E-state index in [4.69, 9.17) is 25.8 Å². The lowest BCUT2D eigenvalue weighted by Gasteiger charge is -2.47. The molecule has 0 spiro atoms. The van der Waals surface area contributed by atoms with Crippen LogP contribution in [0.5, 0.6) is 11.5 Å². The van der Waals surface area contributed by atoms with E-state index >= 15 is 0 Å². The van der Waals surface area contributed by atoms with Crippen molar-refractivity contribution in [2.24, 2.45) is 5.41 Å². The molecule has 9 heteroatoms. The second-order valence-corrected chi connectivity index (χ2v) is 12.5. The Morgan fingerprint density at radius 2 is 1.80 bits per heavy atom. The lowest BCUT2D eigenvalue weighted by Crippen LogP contribution is -2.52. The molecule has 1 heterocycles. The van der Waals surface area contributed by atoms with Crippen LogP contribution in [0.2, 0.25) is 5.02 Å². The van der Waals surface area contributed by atoms with Gasteiger partial charge < -0.3 is 24.2 Å².